The van der Waals surface area contributed by atoms with E-state index in [4.69, 9.17) is 5.73 Å². The van der Waals surface area contributed by atoms with Gasteiger partial charge in [0.05, 0.1) is 6.54 Å². The van der Waals surface area contributed by atoms with Gasteiger partial charge in [0, 0.05) is 6.42 Å². The summed E-state index contributed by atoms with van der Waals surface area (Å²) in [5.74, 6) is 0.0245. The zero-order valence-electron chi connectivity index (χ0n) is 12.4. The molecule has 0 aromatic heterocycles. The van der Waals surface area contributed by atoms with Gasteiger partial charge in [0.15, 0.2) is 0 Å². The summed E-state index contributed by atoms with van der Waals surface area (Å²) in [5.41, 5.74) is 7.86. The van der Waals surface area contributed by atoms with Crippen LogP contribution in [-0.4, -0.2) is 20.9 Å². The van der Waals surface area contributed by atoms with Gasteiger partial charge in [-0.25, -0.2) is 0 Å². The van der Waals surface area contributed by atoms with E-state index in [0.29, 0.717) is 6.54 Å². The highest BCUT2D eigenvalue weighted by atomic mass is 32.2. The van der Waals surface area contributed by atoms with Crippen LogP contribution in [0, 0.1) is 6.92 Å². The third-order valence-corrected chi connectivity index (χ3v) is 4.53. The number of benzene rings is 2. The number of guanidine groups is 1. The van der Waals surface area contributed by atoms with Gasteiger partial charge in [-0.1, -0.05) is 48.0 Å². The van der Waals surface area contributed by atoms with Crippen LogP contribution in [0.1, 0.15) is 11.1 Å². The molecule has 0 unspecified atom stereocenters. The molecule has 0 bridgehead atoms. The molecular weight excluding hydrogens is 298 g/mol. The maximum absolute atomic E-state index is 12.1. The number of rotatable bonds is 5. The van der Waals surface area contributed by atoms with Crippen molar-refractivity contribution in [1.82, 2.24) is 4.72 Å². The minimum Gasteiger partial charge on any atom is -0.290 e. The SMILES string of the molecule is Cc1ccc(S(=O)(=O)NC(N)=[NH+]CCc2ccccc2)cc1. The highest BCUT2D eigenvalue weighted by Crippen LogP contribution is 2.09. The molecule has 22 heavy (non-hydrogen) atoms. The van der Waals surface area contributed by atoms with E-state index in [1.54, 1.807) is 24.3 Å². The fourth-order valence-electron chi connectivity index (χ4n) is 1.94. The van der Waals surface area contributed by atoms with E-state index in [2.05, 4.69) is 9.71 Å². The van der Waals surface area contributed by atoms with Gasteiger partial charge >= 0.3 is 16.0 Å². The molecule has 0 radical (unpaired) electrons. The van der Waals surface area contributed by atoms with Crippen LogP contribution in [-0.2, 0) is 16.4 Å². The molecule has 0 aliphatic carbocycles. The number of aryl methyl sites for hydroxylation is 1. The molecule has 5 nitrogen and oxygen atoms in total. The third-order valence-electron chi connectivity index (χ3n) is 3.15. The quantitative estimate of drug-likeness (QED) is 0.532. The second-order valence-electron chi connectivity index (χ2n) is 4.99. The first-order valence-corrected chi connectivity index (χ1v) is 8.45. The summed E-state index contributed by atoms with van der Waals surface area (Å²) in [5, 5.41) is 0. The van der Waals surface area contributed by atoms with Crippen LogP contribution in [0.3, 0.4) is 0 Å². The van der Waals surface area contributed by atoms with Crippen LogP contribution in [0.2, 0.25) is 0 Å². The number of nitrogens with one attached hydrogen (secondary N) is 2. The predicted molar refractivity (Wildman–Crippen MR) is 86.7 cm³/mol. The van der Waals surface area contributed by atoms with Crippen molar-refractivity contribution in [2.75, 3.05) is 6.54 Å². The lowest BCUT2D eigenvalue weighted by Gasteiger charge is -2.03. The summed E-state index contributed by atoms with van der Waals surface area (Å²) < 4.78 is 26.6. The lowest BCUT2D eigenvalue weighted by atomic mass is 10.2. The summed E-state index contributed by atoms with van der Waals surface area (Å²) in [6, 6.07) is 16.5. The first-order valence-electron chi connectivity index (χ1n) is 6.97. The number of hydrogen-bond donors (Lipinski definition) is 3. The summed E-state index contributed by atoms with van der Waals surface area (Å²) in [6.07, 6.45) is 0.758. The molecule has 2 rings (SSSR count). The Morgan fingerprint density at radius 2 is 1.73 bits per heavy atom. The third kappa shape index (κ3) is 4.60. The Kier molecular flexibility index (Phi) is 5.16. The maximum atomic E-state index is 12.1. The van der Waals surface area contributed by atoms with Crippen LogP contribution in [0.15, 0.2) is 59.5 Å². The minimum atomic E-state index is -3.65. The van der Waals surface area contributed by atoms with E-state index in [1.807, 2.05) is 37.3 Å². The molecule has 0 fully saturated rings. The van der Waals surface area contributed by atoms with Crippen molar-refractivity contribution in [3.05, 3.63) is 65.7 Å². The molecule has 0 aliphatic rings. The molecule has 0 saturated heterocycles. The Labute approximate surface area is 130 Å². The van der Waals surface area contributed by atoms with E-state index in [-0.39, 0.29) is 10.9 Å². The molecule has 116 valence electrons. The maximum Gasteiger partial charge on any atom is 0.356 e. The van der Waals surface area contributed by atoms with Crippen molar-refractivity contribution in [1.29, 1.82) is 0 Å². The summed E-state index contributed by atoms with van der Waals surface area (Å²) in [7, 11) is -3.65. The van der Waals surface area contributed by atoms with E-state index in [0.717, 1.165) is 17.5 Å². The zero-order valence-corrected chi connectivity index (χ0v) is 13.2. The Hall–Kier alpha value is -2.34. The fraction of sp³-hybridized carbons (Fsp3) is 0.188. The van der Waals surface area contributed by atoms with Gasteiger partial charge in [0.2, 0.25) is 0 Å². The minimum absolute atomic E-state index is 0.0245. The summed E-state index contributed by atoms with van der Waals surface area (Å²) in [4.78, 5) is 3.06. The molecule has 0 heterocycles. The Bertz CT molecular complexity index is 739. The highest BCUT2D eigenvalue weighted by molar-refractivity contribution is 7.90. The van der Waals surface area contributed by atoms with Crippen LogP contribution in [0.4, 0.5) is 0 Å². The van der Waals surface area contributed by atoms with Crippen molar-refractivity contribution in [2.24, 2.45) is 5.73 Å². The number of hydrogen-bond acceptors (Lipinski definition) is 2. The summed E-state index contributed by atoms with van der Waals surface area (Å²) in [6.45, 7) is 2.45. The second-order valence-corrected chi connectivity index (χ2v) is 6.68. The molecule has 0 spiro atoms. The van der Waals surface area contributed by atoms with Gasteiger partial charge in [-0.2, -0.15) is 13.1 Å². The van der Waals surface area contributed by atoms with Gasteiger partial charge in [0.1, 0.15) is 4.90 Å². The largest absolute Gasteiger partial charge is 0.356 e. The molecule has 4 N–H and O–H groups in total. The molecular formula is C16H20N3O2S+. The van der Waals surface area contributed by atoms with E-state index in [9.17, 15) is 8.42 Å². The van der Waals surface area contributed by atoms with Gasteiger partial charge in [0.25, 0.3) is 0 Å². The van der Waals surface area contributed by atoms with Crippen molar-refractivity contribution in [2.45, 2.75) is 18.2 Å². The van der Waals surface area contributed by atoms with Crippen LogP contribution >= 0.6 is 0 Å². The average Bonchev–Trinajstić information content (AvgIpc) is 2.48. The first-order chi connectivity index (χ1) is 10.5. The Morgan fingerprint density at radius 1 is 1.09 bits per heavy atom. The molecule has 6 heteroatoms. The zero-order chi connectivity index (χ0) is 16.0. The average molecular weight is 318 g/mol. The first kappa shape index (κ1) is 16.0. The Morgan fingerprint density at radius 3 is 2.36 bits per heavy atom. The van der Waals surface area contributed by atoms with Crippen molar-refractivity contribution in [3.8, 4) is 0 Å². The molecule has 0 saturated carbocycles. The van der Waals surface area contributed by atoms with Gasteiger partial charge in [-0.15, -0.1) is 0 Å². The molecule has 0 aliphatic heterocycles. The van der Waals surface area contributed by atoms with Crippen molar-refractivity contribution >= 4 is 16.0 Å². The standard InChI is InChI=1S/C16H19N3O2S/c1-13-7-9-15(10-8-13)22(20,21)19-16(17)18-12-11-14-5-3-2-4-6-14/h2-10H,11-12H2,1H3,(H3,17,18,19)/p+1. The van der Waals surface area contributed by atoms with Gasteiger partial charge in [-0.3, -0.25) is 10.7 Å². The topological polar surface area (TPSA) is 86.2 Å². The van der Waals surface area contributed by atoms with E-state index < -0.39 is 10.0 Å². The molecule has 0 amide bonds. The molecule has 2 aromatic carbocycles. The second kappa shape index (κ2) is 7.09. The van der Waals surface area contributed by atoms with Crippen LogP contribution in [0.5, 0.6) is 0 Å². The number of nitrogens with two attached hydrogens (primary N) is 1. The highest BCUT2D eigenvalue weighted by Gasteiger charge is 2.18. The van der Waals surface area contributed by atoms with Crippen molar-refractivity contribution < 1.29 is 13.4 Å². The van der Waals surface area contributed by atoms with Crippen LogP contribution in [0.25, 0.3) is 0 Å². The number of sulfonamides is 1. The fourth-order valence-corrected chi connectivity index (χ4v) is 2.92. The van der Waals surface area contributed by atoms with E-state index in [1.165, 1.54) is 0 Å². The summed E-state index contributed by atoms with van der Waals surface area (Å²) >= 11 is 0. The van der Waals surface area contributed by atoms with Gasteiger partial charge < -0.3 is 0 Å². The smallest absolute Gasteiger partial charge is 0.290 e. The predicted octanol–water partition coefficient (Wildman–Crippen LogP) is -0.0887. The lowest BCUT2D eigenvalue weighted by Crippen LogP contribution is -2.79. The molecule has 2 aromatic rings. The Balaban J connectivity index is 1.96. The van der Waals surface area contributed by atoms with Gasteiger partial charge in [-0.05, 0) is 24.6 Å². The van der Waals surface area contributed by atoms with E-state index >= 15 is 0 Å². The normalized spacial score (nSPS) is 12.1. The monoisotopic (exact) mass is 318 g/mol. The van der Waals surface area contributed by atoms with Crippen molar-refractivity contribution in [3.63, 3.8) is 0 Å². The van der Waals surface area contributed by atoms with Crippen LogP contribution < -0.4 is 15.4 Å². The molecule has 0 atom stereocenters. The lowest BCUT2D eigenvalue weighted by molar-refractivity contribution is -0.459.